The number of amides is 1. The van der Waals surface area contributed by atoms with E-state index in [2.05, 4.69) is 9.72 Å². The summed E-state index contributed by atoms with van der Waals surface area (Å²) in [4.78, 5) is 31.3. The van der Waals surface area contributed by atoms with Crippen molar-refractivity contribution in [1.82, 2.24) is 4.98 Å². The third-order valence-electron chi connectivity index (χ3n) is 5.46. The van der Waals surface area contributed by atoms with Gasteiger partial charge >= 0.3 is 6.36 Å². The number of Topliss-reactive ketones (excluding diaryl/α,β-unsaturated/α-hetero) is 1. The number of pyridine rings is 1. The van der Waals surface area contributed by atoms with E-state index in [9.17, 15) is 27.9 Å². The maximum atomic E-state index is 13.1. The number of hydrogen-bond donors (Lipinski definition) is 1. The average molecular weight is 484 g/mol. The van der Waals surface area contributed by atoms with E-state index in [0.717, 1.165) is 17.0 Å². The Labute approximate surface area is 198 Å². The lowest BCUT2D eigenvalue weighted by Crippen LogP contribution is -2.29. The predicted octanol–water partition coefficient (Wildman–Crippen LogP) is 4.92. The molecule has 0 radical (unpaired) electrons. The van der Waals surface area contributed by atoms with Gasteiger partial charge in [-0.3, -0.25) is 19.5 Å². The van der Waals surface area contributed by atoms with Crippen molar-refractivity contribution in [3.05, 3.63) is 89.3 Å². The van der Waals surface area contributed by atoms with Crippen molar-refractivity contribution in [1.29, 1.82) is 0 Å². The first kappa shape index (κ1) is 23.8. The molecule has 0 spiro atoms. The second kappa shape index (κ2) is 9.13. The molecule has 4 rings (SSSR count). The van der Waals surface area contributed by atoms with Crippen LogP contribution in [0.5, 0.6) is 11.5 Å². The van der Waals surface area contributed by atoms with Crippen LogP contribution in [-0.4, -0.2) is 35.3 Å². The SMILES string of the molecule is COc1ccc(/C(O)=C2\C(=O)C(=O)N(c3cccc(OC(F)(F)F)c3)C2c2ccncc2)cc1C. The summed E-state index contributed by atoms with van der Waals surface area (Å²) in [6, 6.07) is 11.4. The van der Waals surface area contributed by atoms with Gasteiger partial charge in [-0.2, -0.15) is 0 Å². The lowest BCUT2D eigenvalue weighted by Gasteiger charge is -2.25. The number of halogens is 3. The van der Waals surface area contributed by atoms with Gasteiger partial charge in [0.15, 0.2) is 0 Å². The van der Waals surface area contributed by atoms with Gasteiger partial charge in [0.25, 0.3) is 11.7 Å². The summed E-state index contributed by atoms with van der Waals surface area (Å²) in [6.07, 6.45) is -2.06. The molecule has 1 aromatic heterocycles. The Bertz CT molecular complexity index is 1320. The predicted molar refractivity (Wildman–Crippen MR) is 120 cm³/mol. The topological polar surface area (TPSA) is 89.0 Å². The smallest absolute Gasteiger partial charge is 0.507 e. The molecule has 2 aromatic carbocycles. The molecule has 7 nitrogen and oxygen atoms in total. The second-order valence-electron chi connectivity index (χ2n) is 7.68. The number of nitrogens with zero attached hydrogens (tertiary/aromatic N) is 2. The van der Waals surface area contributed by atoms with E-state index in [1.54, 1.807) is 31.2 Å². The summed E-state index contributed by atoms with van der Waals surface area (Å²) in [6.45, 7) is 1.75. The van der Waals surface area contributed by atoms with Crippen LogP contribution in [0.4, 0.5) is 18.9 Å². The molecular weight excluding hydrogens is 465 g/mol. The summed E-state index contributed by atoms with van der Waals surface area (Å²) >= 11 is 0. The standard InChI is InChI=1S/C25H19F3N2O5/c1-14-12-16(6-7-19(14)34-2)22(31)20-21(15-8-10-29-11-9-15)30(24(33)23(20)32)17-4-3-5-18(13-17)35-25(26,27)28/h3-13,21,31H,1-2H3/b22-20+. The van der Waals surface area contributed by atoms with Crippen LogP contribution in [-0.2, 0) is 9.59 Å². The van der Waals surface area contributed by atoms with Gasteiger partial charge in [0, 0.05) is 29.7 Å². The lowest BCUT2D eigenvalue weighted by atomic mass is 9.95. The Balaban J connectivity index is 1.89. The van der Waals surface area contributed by atoms with Gasteiger partial charge in [-0.25, -0.2) is 0 Å². The largest absolute Gasteiger partial charge is 0.573 e. The number of ketones is 1. The van der Waals surface area contributed by atoms with Crippen LogP contribution in [0.25, 0.3) is 5.76 Å². The summed E-state index contributed by atoms with van der Waals surface area (Å²) < 4.78 is 47.5. The summed E-state index contributed by atoms with van der Waals surface area (Å²) in [7, 11) is 1.49. The number of alkyl halides is 3. The van der Waals surface area contributed by atoms with Crippen LogP contribution in [0.3, 0.4) is 0 Å². The fourth-order valence-corrected chi connectivity index (χ4v) is 3.97. The van der Waals surface area contributed by atoms with Crippen molar-refractivity contribution >= 4 is 23.1 Å². The van der Waals surface area contributed by atoms with E-state index in [1.165, 1.54) is 37.7 Å². The Morgan fingerprint density at radius 2 is 1.77 bits per heavy atom. The third-order valence-corrected chi connectivity index (χ3v) is 5.46. The molecule has 0 saturated carbocycles. The number of aliphatic hydroxyl groups is 1. The molecule has 2 heterocycles. The molecule has 1 amide bonds. The number of hydrogen-bond acceptors (Lipinski definition) is 6. The molecule has 1 aliphatic heterocycles. The van der Waals surface area contributed by atoms with Crippen molar-refractivity contribution in [3.8, 4) is 11.5 Å². The van der Waals surface area contributed by atoms with E-state index in [-0.39, 0.29) is 16.8 Å². The highest BCUT2D eigenvalue weighted by atomic mass is 19.4. The molecule has 35 heavy (non-hydrogen) atoms. The van der Waals surface area contributed by atoms with Crippen molar-refractivity contribution in [2.24, 2.45) is 0 Å². The van der Waals surface area contributed by atoms with E-state index >= 15 is 0 Å². The number of methoxy groups -OCH3 is 1. The number of rotatable bonds is 5. The second-order valence-corrected chi connectivity index (χ2v) is 7.68. The zero-order valence-corrected chi connectivity index (χ0v) is 18.5. The van der Waals surface area contributed by atoms with E-state index in [0.29, 0.717) is 16.9 Å². The Morgan fingerprint density at radius 3 is 2.40 bits per heavy atom. The van der Waals surface area contributed by atoms with Gasteiger partial charge in [-0.15, -0.1) is 13.2 Å². The molecule has 0 bridgehead atoms. The number of anilines is 1. The van der Waals surface area contributed by atoms with E-state index < -0.39 is 35.6 Å². The van der Waals surface area contributed by atoms with Gasteiger partial charge in [0.2, 0.25) is 0 Å². The van der Waals surface area contributed by atoms with E-state index in [1.807, 2.05) is 0 Å². The number of aryl methyl sites for hydroxylation is 1. The number of aromatic nitrogens is 1. The number of carbonyl (C=O) groups is 2. The minimum Gasteiger partial charge on any atom is -0.507 e. The zero-order chi connectivity index (χ0) is 25.3. The fourth-order valence-electron chi connectivity index (χ4n) is 3.97. The molecular formula is C25H19F3N2O5. The van der Waals surface area contributed by atoms with Crippen LogP contribution in [0.2, 0.25) is 0 Å². The van der Waals surface area contributed by atoms with Crippen molar-refractivity contribution in [3.63, 3.8) is 0 Å². The van der Waals surface area contributed by atoms with Gasteiger partial charge in [0.05, 0.1) is 18.7 Å². The van der Waals surface area contributed by atoms with Crippen LogP contribution in [0.1, 0.15) is 22.7 Å². The van der Waals surface area contributed by atoms with Crippen LogP contribution in [0, 0.1) is 6.92 Å². The minimum absolute atomic E-state index is 0.0133. The third kappa shape index (κ3) is 4.68. The normalized spacial score (nSPS) is 17.5. The Morgan fingerprint density at radius 1 is 1.06 bits per heavy atom. The van der Waals surface area contributed by atoms with Crippen molar-refractivity contribution in [2.75, 3.05) is 12.0 Å². The first-order valence-electron chi connectivity index (χ1n) is 10.3. The lowest BCUT2D eigenvalue weighted by molar-refractivity contribution is -0.274. The molecule has 3 aromatic rings. The van der Waals surface area contributed by atoms with Crippen molar-refractivity contribution in [2.45, 2.75) is 19.3 Å². The summed E-state index contributed by atoms with van der Waals surface area (Å²) in [5, 5.41) is 11.2. The molecule has 1 saturated heterocycles. The van der Waals surface area contributed by atoms with Crippen molar-refractivity contribution < 1.29 is 37.3 Å². The molecule has 1 aliphatic rings. The maximum Gasteiger partial charge on any atom is 0.573 e. The molecule has 180 valence electrons. The van der Waals surface area contributed by atoms with Gasteiger partial charge in [-0.1, -0.05) is 6.07 Å². The highest BCUT2D eigenvalue weighted by molar-refractivity contribution is 6.51. The highest BCUT2D eigenvalue weighted by Gasteiger charge is 2.47. The number of ether oxygens (including phenoxy) is 2. The van der Waals surface area contributed by atoms with Crippen LogP contribution in [0.15, 0.2) is 72.6 Å². The zero-order valence-electron chi connectivity index (χ0n) is 18.5. The number of aliphatic hydroxyl groups excluding tert-OH is 1. The van der Waals surface area contributed by atoms with Crippen LogP contribution >= 0.6 is 0 Å². The number of benzene rings is 2. The van der Waals surface area contributed by atoms with Gasteiger partial charge in [-0.05, 0) is 60.5 Å². The molecule has 1 atom stereocenters. The molecule has 1 fully saturated rings. The maximum absolute atomic E-state index is 13.1. The summed E-state index contributed by atoms with van der Waals surface area (Å²) in [5.41, 5.74) is 1.15. The molecule has 1 N–H and O–H groups in total. The molecule has 0 aliphatic carbocycles. The Kier molecular flexibility index (Phi) is 6.21. The first-order valence-corrected chi connectivity index (χ1v) is 10.3. The minimum atomic E-state index is -4.94. The van der Waals surface area contributed by atoms with E-state index in [4.69, 9.17) is 4.74 Å². The quantitative estimate of drug-likeness (QED) is 0.314. The fraction of sp³-hybridized carbons (Fsp3) is 0.160. The summed E-state index contributed by atoms with van der Waals surface area (Å²) in [5.74, 6) is -2.42. The monoisotopic (exact) mass is 484 g/mol. The molecule has 10 heteroatoms. The Hall–Kier alpha value is -4.34. The number of carbonyl (C=O) groups excluding carboxylic acids is 2. The van der Waals surface area contributed by atoms with Gasteiger partial charge < -0.3 is 14.6 Å². The highest BCUT2D eigenvalue weighted by Crippen LogP contribution is 2.43. The van der Waals surface area contributed by atoms with Gasteiger partial charge in [0.1, 0.15) is 17.3 Å². The average Bonchev–Trinajstić information content (AvgIpc) is 3.08. The van der Waals surface area contributed by atoms with Crippen LogP contribution < -0.4 is 14.4 Å². The first-order chi connectivity index (χ1) is 16.6. The molecule has 1 unspecified atom stereocenters.